The van der Waals surface area contributed by atoms with Crippen LogP contribution in [0.3, 0.4) is 0 Å². The molecule has 6 nitrogen and oxygen atoms in total. The highest BCUT2D eigenvalue weighted by molar-refractivity contribution is 14.0. The molecule has 0 radical (unpaired) electrons. The molecule has 2 aliphatic rings. The lowest BCUT2D eigenvalue weighted by molar-refractivity contribution is 0.0220. The van der Waals surface area contributed by atoms with Gasteiger partial charge >= 0.3 is 0 Å². The number of hydrogen-bond donors (Lipinski definition) is 2. The van der Waals surface area contributed by atoms with Crippen LogP contribution in [0.1, 0.15) is 32.3 Å². The van der Waals surface area contributed by atoms with Crippen molar-refractivity contribution in [2.75, 3.05) is 52.5 Å². The van der Waals surface area contributed by atoms with Crippen LogP contribution in [0.25, 0.3) is 0 Å². The molecular formula is C22H38IN5O. The number of nitrogens with one attached hydrogen (secondary N) is 2. The van der Waals surface area contributed by atoms with E-state index in [-0.39, 0.29) is 24.0 Å². The summed E-state index contributed by atoms with van der Waals surface area (Å²) in [6, 6.07) is 11.8. The maximum absolute atomic E-state index is 5.46. The number of rotatable bonds is 8. The summed E-state index contributed by atoms with van der Waals surface area (Å²) >= 11 is 0. The van der Waals surface area contributed by atoms with Crippen LogP contribution in [0.15, 0.2) is 35.3 Å². The lowest BCUT2D eigenvalue weighted by Crippen LogP contribution is -2.46. The number of guanidine groups is 1. The molecule has 2 saturated heterocycles. The Hall–Kier alpha value is -0.900. The van der Waals surface area contributed by atoms with Crippen molar-refractivity contribution in [1.82, 2.24) is 20.4 Å². The Labute approximate surface area is 193 Å². The van der Waals surface area contributed by atoms with Crippen molar-refractivity contribution in [1.29, 1.82) is 0 Å². The maximum Gasteiger partial charge on any atom is 0.191 e. The molecule has 2 N–H and O–H groups in total. The summed E-state index contributed by atoms with van der Waals surface area (Å²) in [4.78, 5) is 9.92. The van der Waals surface area contributed by atoms with Gasteiger partial charge in [0.2, 0.25) is 0 Å². The standard InChI is InChI=1S/C22H37N5O.HI/c1-3-23-22(24-16-19(2)26-12-14-28-15-13-26)25-17-21-10-7-11-27(21)18-20-8-5-4-6-9-20;/h4-6,8-9,19,21H,3,7,10-18H2,1-2H3,(H2,23,24,25);1H. The summed E-state index contributed by atoms with van der Waals surface area (Å²) < 4.78 is 5.46. The number of benzene rings is 1. The van der Waals surface area contributed by atoms with E-state index in [9.17, 15) is 0 Å². The molecule has 0 amide bonds. The predicted molar refractivity (Wildman–Crippen MR) is 131 cm³/mol. The second-order valence-electron chi connectivity index (χ2n) is 7.85. The Morgan fingerprint density at radius 3 is 2.66 bits per heavy atom. The largest absolute Gasteiger partial charge is 0.379 e. The molecular weight excluding hydrogens is 477 g/mol. The van der Waals surface area contributed by atoms with Crippen LogP contribution in [0.2, 0.25) is 0 Å². The Balaban J connectivity index is 0.00000300. The van der Waals surface area contributed by atoms with E-state index < -0.39 is 0 Å². The number of morpholine rings is 1. The lowest BCUT2D eigenvalue weighted by atomic mass is 10.2. The predicted octanol–water partition coefficient (Wildman–Crippen LogP) is 2.54. The smallest absolute Gasteiger partial charge is 0.191 e. The molecule has 1 aromatic rings. The van der Waals surface area contributed by atoms with Crippen molar-refractivity contribution >= 4 is 29.9 Å². The number of ether oxygens (including phenoxy) is 1. The van der Waals surface area contributed by atoms with Crippen molar-refractivity contribution in [3.05, 3.63) is 35.9 Å². The van der Waals surface area contributed by atoms with Gasteiger partial charge < -0.3 is 15.4 Å². The Bertz CT molecular complexity index is 594. The fourth-order valence-corrected chi connectivity index (χ4v) is 4.07. The third-order valence-corrected chi connectivity index (χ3v) is 5.76. The van der Waals surface area contributed by atoms with Crippen LogP contribution >= 0.6 is 24.0 Å². The highest BCUT2D eigenvalue weighted by Gasteiger charge is 2.24. The van der Waals surface area contributed by atoms with Gasteiger partial charge in [0.25, 0.3) is 0 Å². The normalized spacial score (nSPS) is 22.1. The Morgan fingerprint density at radius 2 is 1.93 bits per heavy atom. The number of likely N-dealkylation sites (tertiary alicyclic amines) is 1. The fourth-order valence-electron chi connectivity index (χ4n) is 4.07. The SMILES string of the molecule is CCNC(=NCC(C)N1CCOCC1)NCC1CCCN1Cc1ccccc1.I. The summed E-state index contributed by atoms with van der Waals surface area (Å²) in [6.07, 6.45) is 2.53. The zero-order chi connectivity index (χ0) is 19.6. The van der Waals surface area contributed by atoms with E-state index >= 15 is 0 Å². The average molecular weight is 515 g/mol. The van der Waals surface area contributed by atoms with Gasteiger partial charge in [-0.2, -0.15) is 0 Å². The van der Waals surface area contributed by atoms with Gasteiger partial charge in [-0.3, -0.25) is 14.8 Å². The van der Waals surface area contributed by atoms with Gasteiger partial charge in [-0.1, -0.05) is 30.3 Å². The van der Waals surface area contributed by atoms with Crippen LogP contribution < -0.4 is 10.6 Å². The first-order valence-corrected chi connectivity index (χ1v) is 10.9. The average Bonchev–Trinajstić information content (AvgIpc) is 3.18. The minimum atomic E-state index is 0. The van der Waals surface area contributed by atoms with Crippen molar-refractivity contribution in [3.8, 4) is 0 Å². The van der Waals surface area contributed by atoms with E-state index in [0.717, 1.165) is 58.4 Å². The Kier molecular flexibility index (Phi) is 11.3. The maximum atomic E-state index is 5.46. The highest BCUT2D eigenvalue weighted by Crippen LogP contribution is 2.19. The molecule has 0 aromatic heterocycles. The first-order valence-electron chi connectivity index (χ1n) is 10.9. The van der Waals surface area contributed by atoms with Crippen molar-refractivity contribution in [2.24, 2.45) is 4.99 Å². The van der Waals surface area contributed by atoms with Gasteiger partial charge in [0, 0.05) is 44.8 Å². The molecule has 1 aromatic carbocycles. The minimum absolute atomic E-state index is 0. The minimum Gasteiger partial charge on any atom is -0.379 e. The van der Waals surface area contributed by atoms with Crippen molar-refractivity contribution in [3.63, 3.8) is 0 Å². The molecule has 0 spiro atoms. The second-order valence-corrected chi connectivity index (χ2v) is 7.85. The molecule has 2 unspecified atom stereocenters. The first-order chi connectivity index (χ1) is 13.8. The van der Waals surface area contributed by atoms with Crippen LogP contribution in [-0.2, 0) is 11.3 Å². The number of nitrogens with zero attached hydrogens (tertiary/aromatic N) is 3. The summed E-state index contributed by atoms with van der Waals surface area (Å²) in [5.41, 5.74) is 1.40. The molecule has 2 heterocycles. The fraction of sp³-hybridized carbons (Fsp3) is 0.682. The highest BCUT2D eigenvalue weighted by atomic mass is 127. The summed E-state index contributed by atoms with van der Waals surface area (Å²) in [5, 5.41) is 7.00. The Morgan fingerprint density at radius 1 is 1.17 bits per heavy atom. The number of aliphatic imine (C=N–C) groups is 1. The third-order valence-electron chi connectivity index (χ3n) is 5.76. The molecule has 2 aliphatic heterocycles. The van der Waals surface area contributed by atoms with Crippen molar-refractivity contribution < 1.29 is 4.74 Å². The van der Waals surface area contributed by atoms with Gasteiger partial charge in [0.15, 0.2) is 5.96 Å². The van der Waals surface area contributed by atoms with Gasteiger partial charge in [-0.25, -0.2) is 0 Å². The summed E-state index contributed by atoms with van der Waals surface area (Å²) in [6.45, 7) is 13.0. The molecule has 2 fully saturated rings. The van der Waals surface area contributed by atoms with E-state index in [1.54, 1.807) is 0 Å². The van der Waals surface area contributed by atoms with Crippen LogP contribution in [0.4, 0.5) is 0 Å². The van der Waals surface area contributed by atoms with Crippen LogP contribution in [0, 0.1) is 0 Å². The van der Waals surface area contributed by atoms with Crippen LogP contribution in [0.5, 0.6) is 0 Å². The number of halogens is 1. The van der Waals surface area contributed by atoms with Crippen molar-refractivity contribution in [2.45, 2.75) is 45.3 Å². The molecule has 164 valence electrons. The molecule has 0 bridgehead atoms. The zero-order valence-electron chi connectivity index (χ0n) is 18.0. The quantitative estimate of drug-likeness (QED) is 0.317. The van der Waals surface area contributed by atoms with E-state index in [2.05, 4.69) is 64.6 Å². The van der Waals surface area contributed by atoms with E-state index in [0.29, 0.717) is 12.1 Å². The zero-order valence-corrected chi connectivity index (χ0v) is 20.3. The molecule has 29 heavy (non-hydrogen) atoms. The van der Waals surface area contributed by atoms with E-state index in [1.165, 1.54) is 24.9 Å². The van der Waals surface area contributed by atoms with Gasteiger partial charge in [-0.05, 0) is 38.8 Å². The third kappa shape index (κ3) is 8.03. The first kappa shape index (κ1) is 24.4. The molecule has 0 saturated carbocycles. The lowest BCUT2D eigenvalue weighted by Gasteiger charge is -2.31. The summed E-state index contributed by atoms with van der Waals surface area (Å²) in [7, 11) is 0. The van der Waals surface area contributed by atoms with Crippen LogP contribution in [-0.4, -0.2) is 80.3 Å². The summed E-state index contributed by atoms with van der Waals surface area (Å²) in [5.74, 6) is 0.939. The van der Waals surface area contributed by atoms with Gasteiger partial charge in [-0.15, -0.1) is 24.0 Å². The van der Waals surface area contributed by atoms with E-state index in [4.69, 9.17) is 9.73 Å². The number of hydrogen-bond acceptors (Lipinski definition) is 4. The molecule has 7 heteroatoms. The van der Waals surface area contributed by atoms with Gasteiger partial charge in [0.1, 0.15) is 0 Å². The van der Waals surface area contributed by atoms with E-state index in [1.807, 2.05) is 0 Å². The molecule has 0 aliphatic carbocycles. The second kappa shape index (κ2) is 13.4. The molecule has 2 atom stereocenters. The molecule has 3 rings (SSSR count). The van der Waals surface area contributed by atoms with Gasteiger partial charge in [0.05, 0.1) is 19.8 Å². The topological polar surface area (TPSA) is 52.1 Å². The monoisotopic (exact) mass is 515 g/mol.